The molecule has 1 heterocycles. The minimum absolute atomic E-state index is 0.203. The monoisotopic (exact) mass is 458 g/mol. The van der Waals surface area contributed by atoms with Gasteiger partial charge in [0.2, 0.25) is 0 Å². The Labute approximate surface area is 175 Å². The van der Waals surface area contributed by atoms with Gasteiger partial charge in [0, 0.05) is 21.0 Å². The van der Waals surface area contributed by atoms with Gasteiger partial charge < -0.3 is 5.32 Å². The molecule has 8 heteroatoms. The molecule has 0 atom stereocenters. The molecule has 2 amide bonds. The number of hydrogen-bond donors (Lipinski definition) is 2. The second-order valence-corrected chi connectivity index (χ2v) is 7.32. The number of hydrogen-bond acceptors (Lipinski definition) is 4. The quantitative estimate of drug-likeness (QED) is 0.345. The van der Waals surface area contributed by atoms with Gasteiger partial charge in [-0.3, -0.25) is 9.59 Å². The molecular formula is C20H16BrClN4O2. The number of amides is 2. The number of hydrazone groups is 1. The molecule has 0 saturated carbocycles. The highest BCUT2D eigenvalue weighted by Crippen LogP contribution is 2.20. The van der Waals surface area contributed by atoms with E-state index in [0.29, 0.717) is 16.3 Å². The lowest BCUT2D eigenvalue weighted by molar-refractivity contribution is -0.120. The second kappa shape index (κ2) is 8.95. The molecule has 0 aliphatic carbocycles. The fourth-order valence-electron chi connectivity index (χ4n) is 2.47. The normalized spacial score (nSPS) is 11.0. The van der Waals surface area contributed by atoms with Crippen molar-refractivity contribution in [3.63, 3.8) is 0 Å². The van der Waals surface area contributed by atoms with E-state index in [0.717, 1.165) is 20.9 Å². The number of nitrogens with zero attached hydrogens (tertiary/aromatic N) is 2. The Balaban J connectivity index is 1.57. The average molecular weight is 460 g/mol. The van der Waals surface area contributed by atoms with Gasteiger partial charge in [0.1, 0.15) is 5.15 Å². The van der Waals surface area contributed by atoms with Gasteiger partial charge in [0.25, 0.3) is 11.8 Å². The lowest BCUT2D eigenvalue weighted by atomic mass is 10.1. The first-order valence-electron chi connectivity index (χ1n) is 8.35. The van der Waals surface area contributed by atoms with Crippen LogP contribution in [0.25, 0.3) is 10.9 Å². The van der Waals surface area contributed by atoms with E-state index in [1.165, 1.54) is 6.21 Å². The lowest BCUT2D eigenvalue weighted by Gasteiger charge is -2.05. The molecule has 3 aromatic rings. The Kier molecular flexibility index (Phi) is 6.38. The third-order valence-corrected chi connectivity index (χ3v) is 4.64. The molecule has 0 spiro atoms. The highest BCUT2D eigenvalue weighted by Gasteiger charge is 2.08. The summed E-state index contributed by atoms with van der Waals surface area (Å²) in [6, 6.07) is 14.6. The van der Waals surface area contributed by atoms with E-state index < -0.39 is 5.91 Å². The highest BCUT2D eigenvalue weighted by atomic mass is 79.9. The fourth-order valence-corrected chi connectivity index (χ4v) is 3.06. The number of carbonyl (C=O) groups is 2. The lowest BCUT2D eigenvalue weighted by Crippen LogP contribution is -2.34. The molecule has 0 aliphatic rings. The molecule has 3 rings (SSSR count). The Morgan fingerprint density at radius 1 is 1.21 bits per heavy atom. The van der Waals surface area contributed by atoms with Crippen LogP contribution in [0.4, 0.5) is 0 Å². The van der Waals surface area contributed by atoms with Gasteiger partial charge >= 0.3 is 0 Å². The van der Waals surface area contributed by atoms with Crippen LogP contribution in [0.5, 0.6) is 0 Å². The van der Waals surface area contributed by atoms with Crippen LogP contribution in [0.15, 0.2) is 58.1 Å². The predicted molar refractivity (Wildman–Crippen MR) is 114 cm³/mol. The van der Waals surface area contributed by atoms with Crippen LogP contribution in [0.2, 0.25) is 5.15 Å². The number of halogens is 2. The molecule has 0 radical (unpaired) electrons. The molecule has 6 nitrogen and oxygen atoms in total. The first-order valence-corrected chi connectivity index (χ1v) is 9.52. The van der Waals surface area contributed by atoms with E-state index in [9.17, 15) is 9.59 Å². The summed E-state index contributed by atoms with van der Waals surface area (Å²) in [6.07, 6.45) is 1.42. The van der Waals surface area contributed by atoms with Crippen molar-refractivity contribution < 1.29 is 9.59 Å². The van der Waals surface area contributed by atoms with Gasteiger partial charge in [-0.1, -0.05) is 45.7 Å². The predicted octanol–water partition coefficient (Wildman–Crippen LogP) is 3.84. The highest BCUT2D eigenvalue weighted by molar-refractivity contribution is 9.10. The van der Waals surface area contributed by atoms with Gasteiger partial charge in [0.05, 0.1) is 18.3 Å². The molecule has 0 aliphatic heterocycles. The number of fused-ring (bicyclic) bond motifs is 1. The first-order chi connectivity index (χ1) is 13.4. The van der Waals surface area contributed by atoms with Crippen molar-refractivity contribution in [3.8, 4) is 0 Å². The Morgan fingerprint density at radius 2 is 2.04 bits per heavy atom. The van der Waals surface area contributed by atoms with Crippen LogP contribution in [0, 0.1) is 6.92 Å². The zero-order valence-electron chi connectivity index (χ0n) is 14.9. The van der Waals surface area contributed by atoms with Crippen LogP contribution in [0.3, 0.4) is 0 Å². The van der Waals surface area contributed by atoms with Crippen LogP contribution in [0.1, 0.15) is 21.5 Å². The number of rotatable bonds is 5. The van der Waals surface area contributed by atoms with Crippen LogP contribution in [-0.4, -0.2) is 29.6 Å². The van der Waals surface area contributed by atoms with Crippen molar-refractivity contribution in [2.24, 2.45) is 5.10 Å². The molecule has 28 heavy (non-hydrogen) atoms. The van der Waals surface area contributed by atoms with Gasteiger partial charge in [-0.05, 0) is 42.8 Å². The van der Waals surface area contributed by atoms with Gasteiger partial charge in [-0.2, -0.15) is 5.10 Å². The minimum Gasteiger partial charge on any atom is -0.343 e. The summed E-state index contributed by atoms with van der Waals surface area (Å²) in [5.74, 6) is -0.808. The van der Waals surface area contributed by atoms with Crippen LogP contribution < -0.4 is 10.7 Å². The summed E-state index contributed by atoms with van der Waals surface area (Å²) in [5, 5.41) is 7.63. The molecule has 0 fully saturated rings. The first kappa shape index (κ1) is 20.0. The summed E-state index contributed by atoms with van der Waals surface area (Å²) in [4.78, 5) is 28.2. The summed E-state index contributed by atoms with van der Waals surface area (Å²) < 4.78 is 0.783. The Hall–Kier alpha value is -2.77. The van der Waals surface area contributed by atoms with Gasteiger partial charge in [-0.15, -0.1) is 0 Å². The molecule has 1 aromatic heterocycles. The van der Waals surface area contributed by atoms with Crippen molar-refractivity contribution in [1.29, 1.82) is 0 Å². The summed E-state index contributed by atoms with van der Waals surface area (Å²) in [7, 11) is 0. The Bertz CT molecular complexity index is 1080. The van der Waals surface area contributed by atoms with Gasteiger partial charge in [0.15, 0.2) is 0 Å². The molecule has 0 saturated heterocycles. The average Bonchev–Trinajstić information content (AvgIpc) is 2.66. The smallest absolute Gasteiger partial charge is 0.259 e. The minimum atomic E-state index is -0.458. The molecule has 142 valence electrons. The molecule has 2 aromatic carbocycles. The number of nitrogens with one attached hydrogen (secondary N) is 2. The molecule has 0 bridgehead atoms. The number of aromatic nitrogens is 1. The van der Waals surface area contributed by atoms with E-state index in [-0.39, 0.29) is 12.5 Å². The zero-order chi connectivity index (χ0) is 20.1. The fraction of sp³-hybridized carbons (Fsp3) is 0.100. The molecular weight excluding hydrogens is 444 g/mol. The zero-order valence-corrected chi connectivity index (χ0v) is 17.2. The van der Waals surface area contributed by atoms with Crippen molar-refractivity contribution in [2.75, 3.05) is 6.54 Å². The molecule has 2 N–H and O–H groups in total. The summed E-state index contributed by atoms with van der Waals surface area (Å²) in [6.45, 7) is 1.78. The SMILES string of the molecule is Cc1ccc2cc(C=NNC(=O)CNC(=O)c3cccc(Br)c3)c(Cl)nc2c1. The third kappa shape index (κ3) is 5.15. The van der Waals surface area contributed by atoms with E-state index in [1.54, 1.807) is 18.2 Å². The van der Waals surface area contributed by atoms with Crippen LogP contribution >= 0.6 is 27.5 Å². The van der Waals surface area contributed by atoms with E-state index in [4.69, 9.17) is 11.6 Å². The summed E-state index contributed by atoms with van der Waals surface area (Å²) >= 11 is 9.48. The largest absolute Gasteiger partial charge is 0.343 e. The number of benzene rings is 2. The van der Waals surface area contributed by atoms with Crippen molar-refractivity contribution in [1.82, 2.24) is 15.7 Å². The third-order valence-electron chi connectivity index (χ3n) is 3.84. The number of pyridine rings is 1. The van der Waals surface area contributed by atoms with Crippen LogP contribution in [-0.2, 0) is 4.79 Å². The van der Waals surface area contributed by atoms with Crippen molar-refractivity contribution in [2.45, 2.75) is 6.92 Å². The van der Waals surface area contributed by atoms with Crippen molar-refractivity contribution >= 4 is 56.5 Å². The summed E-state index contributed by atoms with van der Waals surface area (Å²) in [5.41, 5.74) is 5.27. The van der Waals surface area contributed by atoms with Gasteiger partial charge in [-0.25, -0.2) is 10.4 Å². The van der Waals surface area contributed by atoms with E-state index in [2.05, 4.69) is 36.8 Å². The second-order valence-electron chi connectivity index (χ2n) is 6.05. The van der Waals surface area contributed by atoms with E-state index in [1.807, 2.05) is 37.3 Å². The van der Waals surface area contributed by atoms with Crippen molar-refractivity contribution in [3.05, 3.63) is 74.8 Å². The number of carbonyl (C=O) groups excluding carboxylic acids is 2. The maximum atomic E-state index is 12.0. The molecule has 0 unspecified atom stereocenters. The standard InChI is InChI=1S/C20H16BrClN4O2/c1-12-5-6-13-8-15(19(22)25-17(13)7-12)10-24-26-18(27)11-23-20(28)14-3-2-4-16(21)9-14/h2-10H,11H2,1H3,(H,23,28)(H,26,27). The number of aryl methyl sites for hydroxylation is 1. The Morgan fingerprint density at radius 3 is 2.82 bits per heavy atom. The maximum Gasteiger partial charge on any atom is 0.259 e. The van der Waals surface area contributed by atoms with E-state index >= 15 is 0 Å². The maximum absolute atomic E-state index is 12.0. The topological polar surface area (TPSA) is 83.5 Å².